The summed E-state index contributed by atoms with van der Waals surface area (Å²) in [6.07, 6.45) is 3.20. The summed E-state index contributed by atoms with van der Waals surface area (Å²) in [7, 11) is 0. The predicted octanol–water partition coefficient (Wildman–Crippen LogP) is 3.78. The van der Waals surface area contributed by atoms with Gasteiger partial charge in [-0.15, -0.1) is 0 Å². The highest BCUT2D eigenvalue weighted by Gasteiger charge is 2.26. The van der Waals surface area contributed by atoms with Gasteiger partial charge in [-0.05, 0) is 23.6 Å². The fourth-order valence-electron chi connectivity index (χ4n) is 2.55. The van der Waals surface area contributed by atoms with Gasteiger partial charge < -0.3 is 14.6 Å². The monoisotopic (exact) mass is 296 g/mol. The highest BCUT2D eigenvalue weighted by atomic mass is 16.7. The highest BCUT2D eigenvalue weighted by molar-refractivity contribution is 5.25. The molecule has 0 fully saturated rings. The molecule has 3 heteroatoms. The molecule has 0 spiro atoms. The molecule has 3 atom stereocenters. The number of hydrogen-bond donors (Lipinski definition) is 1. The van der Waals surface area contributed by atoms with Gasteiger partial charge in [0.1, 0.15) is 12.2 Å². The van der Waals surface area contributed by atoms with Crippen LogP contribution in [0, 0.1) is 0 Å². The molecular weight excluding hydrogens is 276 g/mol. The number of rotatable bonds is 5. The summed E-state index contributed by atoms with van der Waals surface area (Å²) in [5, 5.41) is 10.8. The van der Waals surface area contributed by atoms with Gasteiger partial charge in [-0.2, -0.15) is 0 Å². The van der Waals surface area contributed by atoms with Crippen LogP contribution in [0.1, 0.15) is 29.8 Å². The Hall–Kier alpha value is -1.94. The van der Waals surface area contributed by atoms with Gasteiger partial charge in [0.05, 0.1) is 6.61 Å². The second kappa shape index (κ2) is 7.36. The maximum absolute atomic E-state index is 10.8. The molecule has 0 aromatic heterocycles. The molecule has 3 rings (SSSR count). The smallest absolute Gasteiger partial charge is 0.177 e. The van der Waals surface area contributed by atoms with Crippen molar-refractivity contribution in [2.45, 2.75) is 24.9 Å². The van der Waals surface area contributed by atoms with Crippen molar-refractivity contribution in [3.05, 3.63) is 83.9 Å². The third-order valence-corrected chi connectivity index (χ3v) is 3.70. The van der Waals surface area contributed by atoms with Crippen LogP contribution in [0.4, 0.5) is 0 Å². The molecule has 0 saturated carbocycles. The van der Waals surface area contributed by atoms with Crippen LogP contribution in [0.2, 0.25) is 0 Å². The van der Waals surface area contributed by atoms with E-state index in [1.807, 2.05) is 72.8 Å². The van der Waals surface area contributed by atoms with Gasteiger partial charge in [0.25, 0.3) is 0 Å². The van der Waals surface area contributed by atoms with E-state index < -0.39 is 18.5 Å². The molecular formula is C19H20O3. The van der Waals surface area contributed by atoms with E-state index in [0.29, 0.717) is 6.61 Å². The largest absolute Gasteiger partial charge is 0.385 e. The lowest BCUT2D eigenvalue weighted by Gasteiger charge is -2.28. The van der Waals surface area contributed by atoms with Crippen molar-refractivity contribution in [3.8, 4) is 0 Å². The van der Waals surface area contributed by atoms with Crippen LogP contribution < -0.4 is 0 Å². The molecule has 0 amide bonds. The number of ether oxygens (including phenoxy) is 2. The molecule has 1 aliphatic heterocycles. The lowest BCUT2D eigenvalue weighted by atomic mass is 9.98. The number of benzene rings is 2. The topological polar surface area (TPSA) is 38.7 Å². The maximum atomic E-state index is 10.8. The van der Waals surface area contributed by atoms with Crippen LogP contribution >= 0.6 is 0 Å². The predicted molar refractivity (Wildman–Crippen MR) is 85.2 cm³/mol. The Morgan fingerprint density at radius 1 is 0.955 bits per heavy atom. The minimum absolute atomic E-state index is 0.419. The summed E-state index contributed by atoms with van der Waals surface area (Å²) in [5.74, 6) is 0. The van der Waals surface area contributed by atoms with E-state index in [2.05, 4.69) is 0 Å². The average Bonchev–Trinajstić information content (AvgIpc) is 2.61. The molecule has 2 aromatic carbocycles. The van der Waals surface area contributed by atoms with Gasteiger partial charge >= 0.3 is 0 Å². The Bertz CT molecular complexity index is 595. The molecule has 1 heterocycles. The number of aliphatic hydroxyl groups excluding tert-OH is 1. The van der Waals surface area contributed by atoms with E-state index >= 15 is 0 Å². The van der Waals surface area contributed by atoms with Crippen LogP contribution in [0.5, 0.6) is 0 Å². The minimum atomic E-state index is -0.748. The zero-order valence-electron chi connectivity index (χ0n) is 12.3. The van der Waals surface area contributed by atoms with Gasteiger partial charge in [-0.1, -0.05) is 66.7 Å². The molecule has 0 bridgehead atoms. The van der Waals surface area contributed by atoms with E-state index in [1.165, 1.54) is 0 Å². The lowest BCUT2D eigenvalue weighted by Crippen LogP contribution is -2.24. The summed E-state index contributed by atoms with van der Waals surface area (Å²) < 4.78 is 11.6. The lowest BCUT2D eigenvalue weighted by molar-refractivity contribution is -0.174. The molecule has 3 nitrogen and oxygen atoms in total. The minimum Gasteiger partial charge on any atom is -0.385 e. The zero-order chi connectivity index (χ0) is 15.2. The summed E-state index contributed by atoms with van der Waals surface area (Å²) in [6, 6.07) is 19.3. The quantitative estimate of drug-likeness (QED) is 0.853. The molecule has 1 N–H and O–H groups in total. The first-order valence-corrected chi connectivity index (χ1v) is 7.56. The summed E-state index contributed by atoms with van der Waals surface area (Å²) in [4.78, 5) is 0. The van der Waals surface area contributed by atoms with Crippen LogP contribution in [-0.4, -0.2) is 18.0 Å². The van der Waals surface area contributed by atoms with Gasteiger partial charge in [0.15, 0.2) is 6.29 Å². The molecule has 1 aliphatic rings. The third kappa shape index (κ3) is 3.63. The normalized spacial score (nSPS) is 20.5. The zero-order valence-corrected chi connectivity index (χ0v) is 12.3. The highest BCUT2D eigenvalue weighted by Crippen LogP contribution is 2.33. The maximum Gasteiger partial charge on any atom is 0.177 e. The van der Waals surface area contributed by atoms with Gasteiger partial charge in [0, 0.05) is 0 Å². The summed E-state index contributed by atoms with van der Waals surface area (Å²) in [5.41, 5.74) is 1.76. The second-order valence-electron chi connectivity index (χ2n) is 5.28. The molecule has 2 aromatic rings. The average molecular weight is 296 g/mol. The first-order valence-electron chi connectivity index (χ1n) is 7.56. The van der Waals surface area contributed by atoms with E-state index in [4.69, 9.17) is 9.47 Å². The van der Waals surface area contributed by atoms with Crippen LogP contribution in [-0.2, 0) is 9.47 Å². The van der Waals surface area contributed by atoms with E-state index in [0.717, 1.165) is 17.5 Å². The first-order chi connectivity index (χ1) is 10.8. The van der Waals surface area contributed by atoms with Crippen molar-refractivity contribution >= 4 is 0 Å². The van der Waals surface area contributed by atoms with Crippen molar-refractivity contribution in [2.75, 3.05) is 6.61 Å². The van der Waals surface area contributed by atoms with Gasteiger partial charge in [-0.25, -0.2) is 0 Å². The van der Waals surface area contributed by atoms with E-state index in [9.17, 15) is 5.11 Å². The fourth-order valence-corrected chi connectivity index (χ4v) is 2.55. The standard InChI is InChI=1S/C19H20O3/c20-18(15-9-3-1-4-10-15)19(16-11-5-2-6-12-16)22-17-13-7-8-14-21-17/h1-7,9-13,17-20H,8,14H2/t17-,18-,19-/m0/s1. The third-order valence-electron chi connectivity index (χ3n) is 3.70. The SMILES string of the molecule is O[C@@H](c1ccccc1)[C@@H](O[C@H]1C=CCCO1)c1ccccc1. The Balaban J connectivity index is 1.85. The molecule has 0 radical (unpaired) electrons. The van der Waals surface area contributed by atoms with Crippen LogP contribution in [0.15, 0.2) is 72.8 Å². The molecule has 114 valence electrons. The summed E-state index contributed by atoms with van der Waals surface area (Å²) >= 11 is 0. The number of hydrogen-bond acceptors (Lipinski definition) is 3. The first kappa shape index (κ1) is 15.0. The van der Waals surface area contributed by atoms with Crippen molar-refractivity contribution in [1.82, 2.24) is 0 Å². The van der Waals surface area contributed by atoms with E-state index in [1.54, 1.807) is 0 Å². The summed E-state index contributed by atoms with van der Waals surface area (Å²) in [6.45, 7) is 0.643. The second-order valence-corrected chi connectivity index (χ2v) is 5.28. The van der Waals surface area contributed by atoms with Gasteiger partial charge in [0.2, 0.25) is 0 Å². The molecule has 22 heavy (non-hydrogen) atoms. The Labute approximate surface area is 130 Å². The number of aliphatic hydroxyl groups is 1. The molecule has 0 saturated heterocycles. The Morgan fingerprint density at radius 2 is 1.59 bits per heavy atom. The molecule has 0 unspecified atom stereocenters. The van der Waals surface area contributed by atoms with E-state index in [-0.39, 0.29) is 0 Å². The van der Waals surface area contributed by atoms with Crippen molar-refractivity contribution in [3.63, 3.8) is 0 Å². The fraction of sp³-hybridized carbons (Fsp3) is 0.263. The van der Waals surface area contributed by atoms with Crippen molar-refractivity contribution in [2.24, 2.45) is 0 Å². The van der Waals surface area contributed by atoms with Crippen molar-refractivity contribution < 1.29 is 14.6 Å². The van der Waals surface area contributed by atoms with Crippen LogP contribution in [0.25, 0.3) is 0 Å². The Morgan fingerprint density at radius 3 is 2.18 bits per heavy atom. The van der Waals surface area contributed by atoms with Crippen LogP contribution in [0.3, 0.4) is 0 Å². The van der Waals surface area contributed by atoms with Gasteiger partial charge in [-0.3, -0.25) is 0 Å². The van der Waals surface area contributed by atoms with Crippen molar-refractivity contribution in [1.29, 1.82) is 0 Å². The molecule has 0 aliphatic carbocycles. The Kier molecular flexibility index (Phi) is 5.01.